The van der Waals surface area contributed by atoms with Crippen molar-refractivity contribution >= 4 is 29.4 Å². The summed E-state index contributed by atoms with van der Waals surface area (Å²) in [6.07, 6.45) is 1.51. The van der Waals surface area contributed by atoms with Crippen molar-refractivity contribution in [2.75, 3.05) is 0 Å². The standard InChI is InChI=1S/C28H27ClN2O3/c1-16(2)34-28(33)26-18(4)30-24(27(26)32)15-20-14-17(3)31(19(20)5)25-13-9-7-11-22(25)21-10-6-8-12-23(21)29/h6-16,32H,1-5H3/b24-15+. The first kappa shape index (κ1) is 23.6. The lowest BCUT2D eigenvalue weighted by Gasteiger charge is -2.16. The summed E-state index contributed by atoms with van der Waals surface area (Å²) in [5.74, 6) is -0.735. The first-order valence-corrected chi connectivity index (χ1v) is 11.5. The van der Waals surface area contributed by atoms with Crippen LogP contribution in [0.25, 0.3) is 22.9 Å². The van der Waals surface area contributed by atoms with E-state index in [9.17, 15) is 9.90 Å². The molecule has 6 heteroatoms. The van der Waals surface area contributed by atoms with Gasteiger partial charge in [0.1, 0.15) is 11.3 Å². The average Bonchev–Trinajstić information content (AvgIpc) is 3.22. The van der Waals surface area contributed by atoms with Crippen molar-refractivity contribution in [1.29, 1.82) is 0 Å². The van der Waals surface area contributed by atoms with Crippen LogP contribution >= 0.6 is 11.6 Å². The maximum Gasteiger partial charge on any atom is 0.344 e. The highest BCUT2D eigenvalue weighted by atomic mass is 35.5. The largest absolute Gasteiger partial charge is 0.505 e. The molecule has 34 heavy (non-hydrogen) atoms. The van der Waals surface area contributed by atoms with Gasteiger partial charge in [0.2, 0.25) is 0 Å². The molecule has 5 nitrogen and oxygen atoms in total. The number of aliphatic hydroxyl groups is 1. The molecule has 0 amide bonds. The number of hydrogen-bond donors (Lipinski definition) is 1. The molecule has 1 N–H and O–H groups in total. The molecule has 0 unspecified atom stereocenters. The summed E-state index contributed by atoms with van der Waals surface area (Å²) in [4.78, 5) is 16.9. The monoisotopic (exact) mass is 474 g/mol. The second kappa shape index (κ2) is 9.35. The minimum absolute atomic E-state index is 0.109. The number of nitrogens with zero attached hydrogens (tertiary/aromatic N) is 2. The Morgan fingerprint density at radius 1 is 1.06 bits per heavy atom. The number of ether oxygens (including phenoxy) is 1. The van der Waals surface area contributed by atoms with Gasteiger partial charge in [-0.3, -0.25) is 0 Å². The van der Waals surface area contributed by atoms with Crippen molar-refractivity contribution in [1.82, 2.24) is 4.57 Å². The molecule has 0 aliphatic carbocycles. The van der Waals surface area contributed by atoms with E-state index in [1.54, 1.807) is 26.8 Å². The number of para-hydroxylation sites is 1. The second-order valence-corrected chi connectivity index (χ2v) is 8.97. The predicted octanol–water partition coefficient (Wildman–Crippen LogP) is 6.99. The van der Waals surface area contributed by atoms with Gasteiger partial charge in [0, 0.05) is 27.5 Å². The maximum atomic E-state index is 12.4. The molecule has 0 saturated heterocycles. The fraction of sp³-hybridized carbons (Fsp3) is 0.214. The van der Waals surface area contributed by atoms with Gasteiger partial charge in [-0.15, -0.1) is 0 Å². The Morgan fingerprint density at radius 2 is 1.71 bits per heavy atom. The molecule has 0 bridgehead atoms. The predicted molar refractivity (Wildman–Crippen MR) is 138 cm³/mol. The van der Waals surface area contributed by atoms with E-state index in [2.05, 4.69) is 21.7 Å². The first-order chi connectivity index (χ1) is 16.2. The summed E-state index contributed by atoms with van der Waals surface area (Å²) < 4.78 is 7.42. The molecular formula is C28H27ClN2O3. The van der Waals surface area contributed by atoms with Crippen molar-refractivity contribution in [2.45, 2.75) is 40.7 Å². The minimum atomic E-state index is -0.573. The molecule has 2 aromatic carbocycles. The van der Waals surface area contributed by atoms with E-state index < -0.39 is 5.97 Å². The SMILES string of the molecule is CC1=N/C(=C/c2cc(C)n(-c3ccccc3-c3ccccc3Cl)c2C)C(O)=C1C(=O)OC(C)C. The lowest BCUT2D eigenvalue weighted by atomic mass is 10.0. The van der Waals surface area contributed by atoms with E-state index in [-0.39, 0.29) is 17.4 Å². The Bertz CT molecular complexity index is 1380. The summed E-state index contributed by atoms with van der Waals surface area (Å²) in [7, 11) is 0. The Labute approximate surface area is 204 Å². The molecular weight excluding hydrogens is 448 g/mol. The number of aliphatic hydroxyl groups excluding tert-OH is 1. The van der Waals surface area contributed by atoms with E-state index >= 15 is 0 Å². The molecule has 4 rings (SSSR count). The van der Waals surface area contributed by atoms with Gasteiger partial charge in [0.25, 0.3) is 0 Å². The summed E-state index contributed by atoms with van der Waals surface area (Å²) in [6, 6.07) is 17.9. The zero-order valence-corrected chi connectivity index (χ0v) is 20.6. The third-order valence-corrected chi connectivity index (χ3v) is 6.08. The minimum Gasteiger partial charge on any atom is -0.505 e. The van der Waals surface area contributed by atoms with E-state index in [0.717, 1.165) is 33.8 Å². The van der Waals surface area contributed by atoms with Gasteiger partial charge < -0.3 is 14.4 Å². The van der Waals surface area contributed by atoms with Gasteiger partial charge in [-0.25, -0.2) is 9.79 Å². The van der Waals surface area contributed by atoms with Crippen LogP contribution in [-0.2, 0) is 9.53 Å². The number of halogens is 1. The third kappa shape index (κ3) is 4.31. The highest BCUT2D eigenvalue weighted by Gasteiger charge is 2.28. The van der Waals surface area contributed by atoms with Crippen LogP contribution in [0.2, 0.25) is 5.02 Å². The number of aliphatic imine (C=N–C) groups is 1. The lowest BCUT2D eigenvalue weighted by Crippen LogP contribution is -2.17. The van der Waals surface area contributed by atoms with Crippen molar-refractivity contribution < 1.29 is 14.6 Å². The van der Waals surface area contributed by atoms with Crippen LogP contribution in [0.3, 0.4) is 0 Å². The molecule has 3 aromatic rings. The fourth-order valence-corrected chi connectivity index (χ4v) is 4.47. The molecule has 1 aliphatic heterocycles. The summed E-state index contributed by atoms with van der Waals surface area (Å²) in [6.45, 7) is 9.27. The number of rotatable bonds is 5. The highest BCUT2D eigenvalue weighted by Crippen LogP contribution is 2.35. The first-order valence-electron chi connectivity index (χ1n) is 11.1. The second-order valence-electron chi connectivity index (χ2n) is 8.56. The summed E-state index contributed by atoms with van der Waals surface area (Å²) in [5.41, 5.74) is 6.75. The zero-order valence-electron chi connectivity index (χ0n) is 19.9. The average molecular weight is 475 g/mol. The summed E-state index contributed by atoms with van der Waals surface area (Å²) in [5, 5.41) is 11.4. The van der Waals surface area contributed by atoms with Crippen LogP contribution in [0.15, 0.2) is 76.6 Å². The van der Waals surface area contributed by atoms with Crippen LogP contribution in [0, 0.1) is 13.8 Å². The van der Waals surface area contributed by atoms with Crippen LogP contribution < -0.4 is 0 Å². The molecule has 1 aliphatic rings. The van der Waals surface area contributed by atoms with Crippen molar-refractivity contribution in [3.8, 4) is 16.8 Å². The van der Waals surface area contributed by atoms with Crippen LogP contribution in [0.1, 0.15) is 37.7 Å². The Hall–Kier alpha value is -3.57. The van der Waals surface area contributed by atoms with Gasteiger partial charge in [-0.1, -0.05) is 48.0 Å². The number of benzene rings is 2. The molecule has 0 spiro atoms. The Kier molecular flexibility index (Phi) is 6.49. The van der Waals surface area contributed by atoms with Crippen molar-refractivity contribution in [3.05, 3.63) is 93.6 Å². The van der Waals surface area contributed by atoms with Crippen molar-refractivity contribution in [3.63, 3.8) is 0 Å². The number of esters is 1. The van der Waals surface area contributed by atoms with Crippen molar-refractivity contribution in [2.24, 2.45) is 4.99 Å². The maximum absolute atomic E-state index is 12.4. The van der Waals surface area contributed by atoms with Gasteiger partial charge in [0.15, 0.2) is 5.76 Å². The topological polar surface area (TPSA) is 63.8 Å². The number of aromatic nitrogens is 1. The molecule has 0 atom stereocenters. The quantitative estimate of drug-likeness (QED) is 0.405. The lowest BCUT2D eigenvalue weighted by molar-refractivity contribution is -0.142. The molecule has 1 aromatic heterocycles. The normalized spacial score (nSPS) is 14.8. The van der Waals surface area contributed by atoms with Crippen LogP contribution in [-0.4, -0.2) is 27.5 Å². The smallest absolute Gasteiger partial charge is 0.344 e. The number of carbonyl (C=O) groups excluding carboxylic acids is 1. The van der Waals surface area contributed by atoms with Gasteiger partial charge in [-0.2, -0.15) is 0 Å². The third-order valence-electron chi connectivity index (χ3n) is 5.75. The highest BCUT2D eigenvalue weighted by molar-refractivity contribution is 6.33. The number of carbonyl (C=O) groups is 1. The van der Waals surface area contributed by atoms with Gasteiger partial charge >= 0.3 is 5.97 Å². The van der Waals surface area contributed by atoms with E-state index in [1.807, 2.05) is 56.3 Å². The molecule has 0 fully saturated rings. The van der Waals surface area contributed by atoms with E-state index in [4.69, 9.17) is 16.3 Å². The van der Waals surface area contributed by atoms with E-state index in [1.165, 1.54) is 0 Å². The van der Waals surface area contributed by atoms with E-state index in [0.29, 0.717) is 16.4 Å². The molecule has 0 saturated carbocycles. The Balaban J connectivity index is 1.79. The zero-order chi connectivity index (χ0) is 24.6. The molecule has 2 heterocycles. The number of hydrogen-bond acceptors (Lipinski definition) is 4. The van der Waals surface area contributed by atoms with Gasteiger partial charge in [0.05, 0.1) is 17.5 Å². The van der Waals surface area contributed by atoms with Crippen LogP contribution in [0.5, 0.6) is 0 Å². The molecule has 0 radical (unpaired) electrons. The van der Waals surface area contributed by atoms with Gasteiger partial charge in [-0.05, 0) is 64.5 Å². The number of aryl methyl sites for hydroxylation is 1. The molecule has 174 valence electrons. The summed E-state index contributed by atoms with van der Waals surface area (Å²) >= 11 is 6.51. The Morgan fingerprint density at radius 3 is 2.38 bits per heavy atom. The van der Waals surface area contributed by atoms with Crippen LogP contribution in [0.4, 0.5) is 0 Å². The fourth-order valence-electron chi connectivity index (χ4n) is 4.23.